The van der Waals surface area contributed by atoms with Gasteiger partial charge in [-0.2, -0.15) is 8.42 Å². The summed E-state index contributed by atoms with van der Waals surface area (Å²) in [4.78, 5) is 11.4. The van der Waals surface area contributed by atoms with Crippen LogP contribution in [0.3, 0.4) is 0 Å². The van der Waals surface area contributed by atoms with Gasteiger partial charge in [-0.15, -0.1) is 0 Å². The third-order valence-electron chi connectivity index (χ3n) is 2.83. The monoisotopic (exact) mass is 325 g/mol. The van der Waals surface area contributed by atoms with E-state index in [-0.39, 0.29) is 10.7 Å². The number of hydrogen-bond donors (Lipinski definition) is 0. The van der Waals surface area contributed by atoms with Crippen molar-refractivity contribution in [3.63, 3.8) is 0 Å². The standard InChI is InChI=1S/C14H12ClNO4S/c1-9-8-14(17)10(2)7-13(9)16-20-21(18,19)12-5-3-11(15)4-6-12/h3-8H,1-2H3. The summed E-state index contributed by atoms with van der Waals surface area (Å²) in [6.07, 6.45) is 2.86. The van der Waals surface area contributed by atoms with Crippen LogP contribution in [0.5, 0.6) is 0 Å². The van der Waals surface area contributed by atoms with Crippen LogP contribution in [-0.4, -0.2) is 19.9 Å². The molecular weight excluding hydrogens is 314 g/mol. The largest absolute Gasteiger partial charge is 0.358 e. The summed E-state index contributed by atoms with van der Waals surface area (Å²) in [5.74, 6) is -0.132. The smallest absolute Gasteiger partial charge is 0.290 e. The van der Waals surface area contributed by atoms with Crippen LogP contribution in [0.15, 0.2) is 57.6 Å². The van der Waals surface area contributed by atoms with Gasteiger partial charge in [-0.1, -0.05) is 16.8 Å². The van der Waals surface area contributed by atoms with Gasteiger partial charge in [-0.3, -0.25) is 9.08 Å². The van der Waals surface area contributed by atoms with E-state index in [1.165, 1.54) is 36.4 Å². The van der Waals surface area contributed by atoms with Crippen LogP contribution < -0.4 is 0 Å². The molecule has 1 aromatic rings. The number of benzene rings is 1. The Bertz CT molecular complexity index is 774. The minimum atomic E-state index is -4.02. The van der Waals surface area contributed by atoms with E-state index in [9.17, 15) is 13.2 Å². The zero-order valence-corrected chi connectivity index (χ0v) is 12.9. The molecule has 0 saturated heterocycles. The van der Waals surface area contributed by atoms with Crippen molar-refractivity contribution in [1.82, 2.24) is 0 Å². The van der Waals surface area contributed by atoms with Crippen molar-refractivity contribution in [3.05, 3.63) is 52.6 Å². The second kappa shape index (κ2) is 5.83. The van der Waals surface area contributed by atoms with Crippen molar-refractivity contribution in [2.45, 2.75) is 18.7 Å². The second-order valence-electron chi connectivity index (χ2n) is 4.48. The van der Waals surface area contributed by atoms with Crippen molar-refractivity contribution >= 4 is 33.2 Å². The van der Waals surface area contributed by atoms with Gasteiger partial charge in [0, 0.05) is 5.02 Å². The maximum Gasteiger partial charge on any atom is 0.358 e. The summed E-state index contributed by atoms with van der Waals surface area (Å²) in [6.45, 7) is 3.27. The molecule has 0 aliphatic heterocycles. The molecule has 1 aliphatic rings. The predicted molar refractivity (Wildman–Crippen MR) is 79.7 cm³/mol. The Kier molecular flexibility index (Phi) is 4.29. The van der Waals surface area contributed by atoms with E-state index in [1.54, 1.807) is 13.8 Å². The lowest BCUT2D eigenvalue weighted by molar-refractivity contribution is -0.111. The van der Waals surface area contributed by atoms with Gasteiger partial charge in [0.25, 0.3) is 0 Å². The van der Waals surface area contributed by atoms with Crippen LogP contribution in [0.1, 0.15) is 13.8 Å². The van der Waals surface area contributed by atoms with Gasteiger partial charge in [0.2, 0.25) is 0 Å². The second-order valence-corrected chi connectivity index (χ2v) is 6.44. The highest BCUT2D eigenvalue weighted by Crippen LogP contribution is 2.18. The molecule has 0 heterocycles. The van der Waals surface area contributed by atoms with E-state index in [0.717, 1.165) is 0 Å². The Morgan fingerprint density at radius 1 is 1.05 bits per heavy atom. The summed E-state index contributed by atoms with van der Waals surface area (Å²) >= 11 is 5.70. The first-order valence-electron chi connectivity index (χ1n) is 5.98. The number of carbonyl (C=O) groups is 1. The molecule has 0 aromatic heterocycles. The third kappa shape index (κ3) is 3.59. The van der Waals surface area contributed by atoms with E-state index in [4.69, 9.17) is 11.6 Å². The van der Waals surface area contributed by atoms with E-state index in [1.807, 2.05) is 0 Å². The lowest BCUT2D eigenvalue weighted by Crippen LogP contribution is -2.12. The van der Waals surface area contributed by atoms with Crippen LogP contribution in [0.4, 0.5) is 0 Å². The lowest BCUT2D eigenvalue weighted by atomic mass is 9.99. The maximum absolute atomic E-state index is 12.0. The van der Waals surface area contributed by atoms with Crippen molar-refractivity contribution in [2.24, 2.45) is 5.16 Å². The molecule has 0 unspecified atom stereocenters. The van der Waals surface area contributed by atoms with E-state index >= 15 is 0 Å². The normalized spacial score (nSPS) is 17.5. The average molecular weight is 326 g/mol. The van der Waals surface area contributed by atoms with Gasteiger partial charge in [0.15, 0.2) is 5.78 Å². The summed E-state index contributed by atoms with van der Waals surface area (Å²) in [5, 5.41) is 4.04. The molecule has 21 heavy (non-hydrogen) atoms. The first-order valence-corrected chi connectivity index (χ1v) is 7.77. The SMILES string of the molecule is CC1=CC(=NOS(=O)(=O)c2ccc(Cl)cc2)C(C)=CC1=O. The third-order valence-corrected chi connectivity index (χ3v) is 4.20. The van der Waals surface area contributed by atoms with Crippen LogP contribution >= 0.6 is 11.6 Å². The number of allylic oxidation sites excluding steroid dienone is 4. The first kappa shape index (κ1) is 15.5. The fourth-order valence-corrected chi connectivity index (χ4v) is 2.47. The Balaban J connectivity index is 2.26. The number of halogens is 1. The van der Waals surface area contributed by atoms with Gasteiger partial charge < -0.3 is 0 Å². The molecule has 0 spiro atoms. The lowest BCUT2D eigenvalue weighted by Gasteiger charge is -2.09. The van der Waals surface area contributed by atoms with Gasteiger partial charge in [-0.25, -0.2) is 0 Å². The molecule has 0 bridgehead atoms. The molecule has 7 heteroatoms. The van der Waals surface area contributed by atoms with Crippen LogP contribution in [0.2, 0.25) is 5.02 Å². The van der Waals surface area contributed by atoms with E-state index in [2.05, 4.69) is 9.44 Å². The van der Waals surface area contributed by atoms with Gasteiger partial charge >= 0.3 is 10.1 Å². The molecule has 1 aromatic carbocycles. The summed E-state index contributed by atoms with van der Waals surface area (Å²) in [5.41, 5.74) is 1.30. The van der Waals surface area contributed by atoms with Crippen LogP contribution in [-0.2, 0) is 19.2 Å². The molecular formula is C14H12ClNO4S. The fraction of sp³-hybridized carbons (Fsp3) is 0.143. The van der Waals surface area contributed by atoms with E-state index in [0.29, 0.717) is 21.9 Å². The highest BCUT2D eigenvalue weighted by Gasteiger charge is 2.18. The molecule has 0 atom stereocenters. The minimum Gasteiger partial charge on any atom is -0.290 e. The average Bonchev–Trinajstić information content (AvgIpc) is 2.42. The van der Waals surface area contributed by atoms with Crippen LogP contribution in [0.25, 0.3) is 0 Å². The summed E-state index contributed by atoms with van der Waals surface area (Å²) < 4.78 is 28.6. The molecule has 2 rings (SSSR count). The number of hydrogen-bond acceptors (Lipinski definition) is 5. The number of oxime groups is 1. The fourth-order valence-electron chi connectivity index (χ4n) is 1.61. The molecule has 0 amide bonds. The highest BCUT2D eigenvalue weighted by molar-refractivity contribution is 7.86. The van der Waals surface area contributed by atoms with Gasteiger partial charge in [0.05, 0.1) is 0 Å². The maximum atomic E-state index is 12.0. The quantitative estimate of drug-likeness (QED) is 0.632. The number of nitrogens with zero attached hydrogens (tertiary/aromatic N) is 1. The molecule has 1 aliphatic carbocycles. The molecule has 0 saturated carbocycles. The first-order chi connectivity index (χ1) is 9.79. The van der Waals surface area contributed by atoms with E-state index < -0.39 is 10.1 Å². The zero-order valence-electron chi connectivity index (χ0n) is 11.3. The molecule has 110 valence electrons. The van der Waals surface area contributed by atoms with Gasteiger partial charge in [-0.05, 0) is 61.4 Å². The van der Waals surface area contributed by atoms with Crippen LogP contribution in [0, 0.1) is 0 Å². The molecule has 0 radical (unpaired) electrons. The number of rotatable bonds is 3. The Hall–Kier alpha value is -1.92. The Morgan fingerprint density at radius 3 is 2.29 bits per heavy atom. The predicted octanol–water partition coefficient (Wildman–Crippen LogP) is 2.88. The number of carbonyl (C=O) groups excluding carboxylic acids is 1. The van der Waals surface area contributed by atoms with Gasteiger partial charge in [0.1, 0.15) is 10.6 Å². The topological polar surface area (TPSA) is 72.8 Å². The van der Waals surface area contributed by atoms with Crippen molar-refractivity contribution in [1.29, 1.82) is 0 Å². The summed E-state index contributed by atoms with van der Waals surface area (Å²) in [7, 11) is -4.02. The Morgan fingerprint density at radius 2 is 1.67 bits per heavy atom. The zero-order chi connectivity index (χ0) is 15.6. The molecule has 0 N–H and O–H groups in total. The highest BCUT2D eigenvalue weighted by atomic mass is 35.5. The van der Waals surface area contributed by atoms with Crippen molar-refractivity contribution in [3.8, 4) is 0 Å². The summed E-state index contributed by atoms with van der Waals surface area (Å²) in [6, 6.07) is 5.54. The van der Waals surface area contributed by atoms with Crippen molar-refractivity contribution in [2.75, 3.05) is 0 Å². The minimum absolute atomic E-state index is 0.0505. The van der Waals surface area contributed by atoms with Crippen molar-refractivity contribution < 1.29 is 17.5 Å². The number of ketones is 1. The Labute approximate surface area is 127 Å². The molecule has 5 nitrogen and oxygen atoms in total. The molecule has 0 fully saturated rings.